The van der Waals surface area contributed by atoms with Gasteiger partial charge in [0.15, 0.2) is 5.96 Å². The Morgan fingerprint density at radius 1 is 1.56 bits per heavy atom. The number of aryl methyl sites for hydroxylation is 2. The molecule has 1 aromatic rings. The molecule has 0 amide bonds. The Hall–Kier alpha value is -1.72. The van der Waals surface area contributed by atoms with E-state index >= 15 is 0 Å². The van der Waals surface area contributed by atoms with Crippen LogP contribution < -0.4 is 15.4 Å². The van der Waals surface area contributed by atoms with E-state index in [-0.39, 0.29) is 0 Å². The number of guanidine groups is 1. The molecule has 100 valence electrons. The molecule has 18 heavy (non-hydrogen) atoms. The second-order valence-corrected chi connectivity index (χ2v) is 4.50. The molecule has 1 unspecified atom stereocenters. The molecule has 2 N–H and O–H groups in total. The summed E-state index contributed by atoms with van der Waals surface area (Å²) in [5.74, 6) is 1.67. The third kappa shape index (κ3) is 2.42. The zero-order valence-corrected chi connectivity index (χ0v) is 11.4. The summed E-state index contributed by atoms with van der Waals surface area (Å²) in [6, 6.07) is 0.411. The predicted molar refractivity (Wildman–Crippen MR) is 70.9 cm³/mol. The highest BCUT2D eigenvalue weighted by atomic mass is 16.5. The lowest BCUT2D eigenvalue weighted by Crippen LogP contribution is -2.37. The van der Waals surface area contributed by atoms with Crippen LogP contribution in [-0.2, 0) is 20.0 Å². The summed E-state index contributed by atoms with van der Waals surface area (Å²) in [4.78, 5) is 4.38. The van der Waals surface area contributed by atoms with Crippen LogP contribution in [0.1, 0.15) is 25.1 Å². The highest BCUT2D eigenvalue weighted by molar-refractivity contribution is 5.81. The zero-order valence-electron chi connectivity index (χ0n) is 11.4. The molecule has 1 aromatic heterocycles. The largest absolute Gasteiger partial charge is 0.481 e. The lowest BCUT2D eigenvalue weighted by atomic mass is 10.2. The number of ether oxygens (including phenoxy) is 1. The van der Waals surface area contributed by atoms with Gasteiger partial charge >= 0.3 is 0 Å². The van der Waals surface area contributed by atoms with E-state index in [1.807, 2.05) is 7.05 Å². The Balaban J connectivity index is 2.08. The van der Waals surface area contributed by atoms with Gasteiger partial charge in [0.1, 0.15) is 0 Å². The van der Waals surface area contributed by atoms with Gasteiger partial charge in [0.25, 0.3) is 0 Å². The second-order valence-electron chi connectivity index (χ2n) is 4.50. The van der Waals surface area contributed by atoms with Gasteiger partial charge in [0, 0.05) is 13.1 Å². The maximum absolute atomic E-state index is 5.40. The van der Waals surface area contributed by atoms with E-state index in [0.29, 0.717) is 12.6 Å². The van der Waals surface area contributed by atoms with Crippen LogP contribution in [0.5, 0.6) is 5.88 Å². The Kier molecular flexibility index (Phi) is 3.74. The second kappa shape index (κ2) is 5.29. The van der Waals surface area contributed by atoms with Gasteiger partial charge < -0.3 is 15.4 Å². The predicted octanol–water partition coefficient (Wildman–Crippen LogP) is 0.428. The minimum absolute atomic E-state index is 0.411. The fraction of sp³-hybridized carbons (Fsp3) is 0.667. The van der Waals surface area contributed by atoms with Crippen molar-refractivity contribution >= 4 is 5.96 Å². The molecular formula is C12H21N5O. The third-order valence-corrected chi connectivity index (χ3v) is 3.04. The van der Waals surface area contributed by atoms with E-state index in [1.54, 1.807) is 11.8 Å². The maximum atomic E-state index is 5.40. The number of hydrogen-bond donors (Lipinski definition) is 2. The molecule has 0 radical (unpaired) electrons. The molecule has 0 aliphatic carbocycles. The summed E-state index contributed by atoms with van der Waals surface area (Å²) in [6.07, 6.45) is 0.893. The number of nitrogens with one attached hydrogen (secondary N) is 2. The summed E-state index contributed by atoms with van der Waals surface area (Å²) in [5.41, 5.74) is 2.17. The molecule has 2 rings (SSSR count). The average Bonchev–Trinajstić information content (AvgIpc) is 2.90. The van der Waals surface area contributed by atoms with E-state index in [1.165, 1.54) is 0 Å². The van der Waals surface area contributed by atoms with Crippen molar-refractivity contribution < 1.29 is 4.74 Å². The van der Waals surface area contributed by atoms with Gasteiger partial charge in [0.2, 0.25) is 5.88 Å². The molecule has 0 bridgehead atoms. The first kappa shape index (κ1) is 12.7. The van der Waals surface area contributed by atoms with Gasteiger partial charge in [-0.1, -0.05) is 6.92 Å². The van der Waals surface area contributed by atoms with E-state index in [0.717, 1.165) is 36.1 Å². The minimum Gasteiger partial charge on any atom is -0.481 e. The van der Waals surface area contributed by atoms with E-state index < -0.39 is 0 Å². The Morgan fingerprint density at radius 2 is 2.33 bits per heavy atom. The average molecular weight is 251 g/mol. The smallest absolute Gasteiger partial charge is 0.216 e. The highest BCUT2D eigenvalue weighted by Crippen LogP contribution is 2.21. The van der Waals surface area contributed by atoms with Crippen molar-refractivity contribution in [3.63, 3.8) is 0 Å². The molecule has 2 heterocycles. The molecule has 1 aliphatic rings. The van der Waals surface area contributed by atoms with Crippen LogP contribution in [0, 0.1) is 0 Å². The van der Waals surface area contributed by atoms with Crippen LogP contribution in [0.3, 0.4) is 0 Å². The quantitative estimate of drug-likeness (QED) is 0.814. The maximum Gasteiger partial charge on any atom is 0.216 e. The molecule has 0 saturated heterocycles. The van der Waals surface area contributed by atoms with Gasteiger partial charge in [0.05, 0.1) is 31.5 Å². The van der Waals surface area contributed by atoms with Crippen molar-refractivity contribution in [2.75, 3.05) is 13.7 Å². The lowest BCUT2D eigenvalue weighted by molar-refractivity contribution is 0.369. The monoisotopic (exact) mass is 251 g/mol. The van der Waals surface area contributed by atoms with Crippen molar-refractivity contribution in [1.82, 2.24) is 20.4 Å². The molecular weight excluding hydrogens is 230 g/mol. The van der Waals surface area contributed by atoms with Crippen LogP contribution in [0.25, 0.3) is 0 Å². The summed E-state index contributed by atoms with van der Waals surface area (Å²) >= 11 is 0. The van der Waals surface area contributed by atoms with Gasteiger partial charge in [-0.15, -0.1) is 0 Å². The fourth-order valence-corrected chi connectivity index (χ4v) is 2.15. The Bertz CT molecular complexity index is 452. The number of methoxy groups -OCH3 is 1. The van der Waals surface area contributed by atoms with Gasteiger partial charge in [-0.25, -0.2) is 4.68 Å². The third-order valence-electron chi connectivity index (χ3n) is 3.04. The van der Waals surface area contributed by atoms with Gasteiger partial charge in [-0.05, 0) is 13.3 Å². The summed E-state index contributed by atoms with van der Waals surface area (Å²) in [5, 5.41) is 11.0. The number of aliphatic imine (C=N–C) groups is 1. The number of aromatic nitrogens is 2. The molecule has 6 heteroatoms. The van der Waals surface area contributed by atoms with Crippen molar-refractivity contribution in [1.29, 1.82) is 0 Å². The van der Waals surface area contributed by atoms with E-state index in [9.17, 15) is 0 Å². The van der Waals surface area contributed by atoms with Crippen molar-refractivity contribution in [3.05, 3.63) is 11.3 Å². The zero-order chi connectivity index (χ0) is 13.1. The first-order chi connectivity index (χ1) is 8.65. The van der Waals surface area contributed by atoms with Crippen molar-refractivity contribution in [2.45, 2.75) is 32.9 Å². The lowest BCUT2D eigenvalue weighted by Gasteiger charge is -2.10. The van der Waals surface area contributed by atoms with Crippen molar-refractivity contribution in [3.8, 4) is 5.88 Å². The number of hydrogen-bond acceptors (Lipinski definition) is 5. The highest BCUT2D eigenvalue weighted by Gasteiger charge is 2.17. The topological polar surface area (TPSA) is 63.5 Å². The molecule has 1 atom stereocenters. The number of rotatable bonds is 4. The van der Waals surface area contributed by atoms with Crippen LogP contribution in [0.2, 0.25) is 0 Å². The van der Waals surface area contributed by atoms with Crippen LogP contribution in [-0.4, -0.2) is 35.4 Å². The first-order valence-corrected chi connectivity index (χ1v) is 6.29. The van der Waals surface area contributed by atoms with Crippen LogP contribution in [0.4, 0.5) is 0 Å². The van der Waals surface area contributed by atoms with Gasteiger partial charge in [-0.2, -0.15) is 5.10 Å². The normalized spacial score (nSPS) is 18.4. The van der Waals surface area contributed by atoms with E-state index in [2.05, 4.69) is 34.6 Å². The summed E-state index contributed by atoms with van der Waals surface area (Å²) < 4.78 is 7.18. The molecule has 0 fully saturated rings. The van der Waals surface area contributed by atoms with Crippen LogP contribution >= 0.6 is 0 Å². The molecule has 0 spiro atoms. The SMILES string of the molecule is CCc1nn(C)c(OC)c1CNC1=NCC(C)N1. The number of nitrogens with zero attached hydrogens (tertiary/aromatic N) is 3. The first-order valence-electron chi connectivity index (χ1n) is 6.29. The Labute approximate surface area is 107 Å². The fourth-order valence-electron chi connectivity index (χ4n) is 2.15. The standard InChI is InChI=1S/C12H21N5O/c1-5-10-9(11(18-4)17(3)16-10)7-14-12-13-6-8(2)15-12/h8H,5-7H2,1-4H3,(H2,13,14,15). The molecule has 0 saturated carbocycles. The molecule has 1 aliphatic heterocycles. The van der Waals surface area contributed by atoms with E-state index in [4.69, 9.17) is 4.74 Å². The molecule has 0 aromatic carbocycles. The van der Waals surface area contributed by atoms with Crippen LogP contribution in [0.15, 0.2) is 4.99 Å². The molecule has 6 nitrogen and oxygen atoms in total. The minimum atomic E-state index is 0.411. The van der Waals surface area contributed by atoms with Crippen molar-refractivity contribution in [2.24, 2.45) is 12.0 Å². The Morgan fingerprint density at radius 3 is 2.89 bits per heavy atom. The van der Waals surface area contributed by atoms with Gasteiger partial charge in [-0.3, -0.25) is 4.99 Å². The summed E-state index contributed by atoms with van der Waals surface area (Å²) in [7, 11) is 3.57. The summed E-state index contributed by atoms with van der Waals surface area (Å²) in [6.45, 7) is 5.71.